The third-order valence-corrected chi connectivity index (χ3v) is 2.38. The van der Waals surface area contributed by atoms with E-state index in [2.05, 4.69) is 5.92 Å². The van der Waals surface area contributed by atoms with E-state index in [9.17, 15) is 4.79 Å². The predicted molar refractivity (Wildman–Crippen MR) is 61.3 cm³/mol. The zero-order valence-electron chi connectivity index (χ0n) is 8.86. The summed E-state index contributed by atoms with van der Waals surface area (Å²) >= 11 is 0. The Morgan fingerprint density at radius 1 is 1.53 bits per heavy atom. The molecule has 2 heteroatoms. The molecule has 0 aliphatic heterocycles. The summed E-state index contributed by atoms with van der Waals surface area (Å²) in [6.45, 7) is 1.98. The van der Waals surface area contributed by atoms with Crippen LogP contribution in [0.1, 0.15) is 17.5 Å². The number of aryl methyl sites for hydroxylation is 1. The normalized spacial score (nSPS) is 11.8. The number of benzene rings is 1. The molecule has 0 radical (unpaired) electrons. The van der Waals surface area contributed by atoms with Crippen LogP contribution in [0.4, 0.5) is 0 Å². The van der Waals surface area contributed by atoms with Crippen LogP contribution in [0, 0.1) is 19.3 Å². The monoisotopic (exact) mass is 201 g/mol. The Labute approximate surface area is 90.5 Å². The van der Waals surface area contributed by atoms with Gasteiger partial charge in [0.15, 0.2) is 5.78 Å². The molecule has 1 rings (SSSR count). The van der Waals surface area contributed by atoms with Gasteiger partial charge in [0.05, 0.1) is 6.04 Å². The smallest absolute Gasteiger partial charge is 0.154 e. The average molecular weight is 201 g/mol. The summed E-state index contributed by atoms with van der Waals surface area (Å²) in [6, 6.07) is 7.26. The number of ketones is 1. The van der Waals surface area contributed by atoms with Gasteiger partial charge < -0.3 is 5.73 Å². The number of carbonyl (C=O) groups excluding carboxylic acids is 1. The van der Waals surface area contributed by atoms with E-state index in [0.29, 0.717) is 12.8 Å². The molecule has 0 aliphatic rings. The number of rotatable bonds is 4. The Balaban J connectivity index is 2.67. The minimum atomic E-state index is -0.533. The van der Waals surface area contributed by atoms with Crippen molar-refractivity contribution in [3.05, 3.63) is 35.4 Å². The van der Waals surface area contributed by atoms with Crippen LogP contribution in [-0.2, 0) is 11.2 Å². The van der Waals surface area contributed by atoms with Crippen molar-refractivity contribution in [2.45, 2.75) is 25.8 Å². The fourth-order valence-electron chi connectivity index (χ4n) is 1.37. The van der Waals surface area contributed by atoms with Crippen molar-refractivity contribution in [3.63, 3.8) is 0 Å². The van der Waals surface area contributed by atoms with Gasteiger partial charge in [0, 0.05) is 12.8 Å². The van der Waals surface area contributed by atoms with Gasteiger partial charge in [-0.15, -0.1) is 12.3 Å². The highest BCUT2D eigenvalue weighted by atomic mass is 16.1. The second-order valence-corrected chi connectivity index (χ2v) is 3.58. The van der Waals surface area contributed by atoms with Crippen molar-refractivity contribution < 1.29 is 4.79 Å². The maximum absolute atomic E-state index is 11.6. The molecule has 0 fully saturated rings. The SMILES string of the molecule is C#CCC(N)C(=O)Cc1ccccc1C. The highest BCUT2D eigenvalue weighted by Crippen LogP contribution is 2.09. The number of hydrogen-bond donors (Lipinski definition) is 1. The summed E-state index contributed by atoms with van der Waals surface area (Å²) in [6.07, 6.45) is 5.79. The summed E-state index contributed by atoms with van der Waals surface area (Å²) in [4.78, 5) is 11.6. The molecule has 0 heterocycles. The Kier molecular flexibility index (Phi) is 4.08. The average Bonchev–Trinajstić information content (AvgIpc) is 2.21. The molecule has 15 heavy (non-hydrogen) atoms. The molecule has 1 aromatic rings. The maximum atomic E-state index is 11.6. The maximum Gasteiger partial charge on any atom is 0.154 e. The molecule has 0 aromatic heterocycles. The van der Waals surface area contributed by atoms with E-state index in [1.165, 1.54) is 0 Å². The number of terminal acetylenes is 1. The van der Waals surface area contributed by atoms with Crippen LogP contribution in [0.25, 0.3) is 0 Å². The van der Waals surface area contributed by atoms with Crippen LogP contribution in [0.3, 0.4) is 0 Å². The molecule has 0 bridgehead atoms. The van der Waals surface area contributed by atoms with Crippen LogP contribution >= 0.6 is 0 Å². The number of carbonyl (C=O) groups is 1. The summed E-state index contributed by atoms with van der Waals surface area (Å²) in [5.41, 5.74) is 7.77. The first-order valence-electron chi connectivity index (χ1n) is 4.91. The molecule has 0 aliphatic carbocycles. The molecular formula is C13H15NO. The summed E-state index contributed by atoms with van der Waals surface area (Å²) < 4.78 is 0. The third-order valence-electron chi connectivity index (χ3n) is 2.38. The summed E-state index contributed by atoms with van der Waals surface area (Å²) in [7, 11) is 0. The van der Waals surface area contributed by atoms with Gasteiger partial charge in [0.2, 0.25) is 0 Å². The lowest BCUT2D eigenvalue weighted by molar-refractivity contribution is -0.119. The Hall–Kier alpha value is -1.59. The molecule has 2 nitrogen and oxygen atoms in total. The van der Waals surface area contributed by atoms with Crippen molar-refractivity contribution in [2.75, 3.05) is 0 Å². The van der Waals surface area contributed by atoms with Gasteiger partial charge in [-0.05, 0) is 18.1 Å². The Morgan fingerprint density at radius 2 is 2.20 bits per heavy atom. The van der Waals surface area contributed by atoms with E-state index in [1.807, 2.05) is 31.2 Å². The predicted octanol–water partition coefficient (Wildman–Crippen LogP) is 1.46. The van der Waals surface area contributed by atoms with Crippen LogP contribution < -0.4 is 5.73 Å². The van der Waals surface area contributed by atoms with Gasteiger partial charge in [-0.25, -0.2) is 0 Å². The third kappa shape index (κ3) is 3.23. The van der Waals surface area contributed by atoms with Gasteiger partial charge >= 0.3 is 0 Å². The van der Waals surface area contributed by atoms with E-state index in [-0.39, 0.29) is 5.78 Å². The lowest BCUT2D eigenvalue weighted by Gasteiger charge is -2.08. The first-order valence-corrected chi connectivity index (χ1v) is 4.91. The second-order valence-electron chi connectivity index (χ2n) is 3.58. The standard InChI is InChI=1S/C13H15NO/c1-3-6-12(14)13(15)9-11-8-5-4-7-10(11)2/h1,4-5,7-8,12H,6,9,14H2,2H3. The molecule has 1 atom stereocenters. The number of nitrogens with two attached hydrogens (primary N) is 1. The minimum absolute atomic E-state index is 0.00208. The van der Waals surface area contributed by atoms with Crippen molar-refractivity contribution in [1.29, 1.82) is 0 Å². The molecule has 1 unspecified atom stereocenters. The van der Waals surface area contributed by atoms with Gasteiger partial charge in [-0.1, -0.05) is 24.3 Å². The minimum Gasteiger partial charge on any atom is -0.321 e. The largest absolute Gasteiger partial charge is 0.321 e. The lowest BCUT2D eigenvalue weighted by atomic mass is 9.99. The molecular weight excluding hydrogens is 186 g/mol. The number of hydrogen-bond acceptors (Lipinski definition) is 2. The second kappa shape index (κ2) is 5.33. The van der Waals surface area contributed by atoms with E-state index in [4.69, 9.17) is 12.2 Å². The van der Waals surface area contributed by atoms with Crippen molar-refractivity contribution in [2.24, 2.45) is 5.73 Å². The first kappa shape index (κ1) is 11.5. The molecule has 0 spiro atoms. The van der Waals surface area contributed by atoms with Crippen molar-refractivity contribution in [1.82, 2.24) is 0 Å². The van der Waals surface area contributed by atoms with E-state index in [0.717, 1.165) is 11.1 Å². The van der Waals surface area contributed by atoms with E-state index >= 15 is 0 Å². The van der Waals surface area contributed by atoms with E-state index < -0.39 is 6.04 Å². The highest BCUT2D eigenvalue weighted by Gasteiger charge is 2.13. The van der Waals surface area contributed by atoms with Crippen molar-refractivity contribution in [3.8, 4) is 12.3 Å². The van der Waals surface area contributed by atoms with Gasteiger partial charge in [-0.3, -0.25) is 4.79 Å². The van der Waals surface area contributed by atoms with E-state index in [1.54, 1.807) is 0 Å². The molecule has 0 saturated heterocycles. The zero-order chi connectivity index (χ0) is 11.3. The molecule has 2 N–H and O–H groups in total. The summed E-state index contributed by atoms with van der Waals surface area (Å²) in [5.74, 6) is 2.41. The summed E-state index contributed by atoms with van der Waals surface area (Å²) in [5, 5.41) is 0. The molecule has 0 saturated carbocycles. The van der Waals surface area contributed by atoms with Crippen LogP contribution in [0.15, 0.2) is 24.3 Å². The van der Waals surface area contributed by atoms with Crippen LogP contribution in [-0.4, -0.2) is 11.8 Å². The fourth-order valence-corrected chi connectivity index (χ4v) is 1.37. The zero-order valence-corrected chi connectivity index (χ0v) is 8.86. The van der Waals surface area contributed by atoms with Gasteiger partial charge in [0.25, 0.3) is 0 Å². The van der Waals surface area contributed by atoms with Gasteiger partial charge in [0.1, 0.15) is 0 Å². The van der Waals surface area contributed by atoms with Crippen molar-refractivity contribution >= 4 is 5.78 Å². The molecule has 78 valence electrons. The lowest BCUT2D eigenvalue weighted by Crippen LogP contribution is -2.31. The van der Waals surface area contributed by atoms with Crippen LogP contribution in [0.5, 0.6) is 0 Å². The molecule has 0 amide bonds. The fraction of sp³-hybridized carbons (Fsp3) is 0.308. The highest BCUT2D eigenvalue weighted by molar-refractivity contribution is 5.86. The Bertz CT molecular complexity index is 390. The van der Waals surface area contributed by atoms with Crippen LogP contribution in [0.2, 0.25) is 0 Å². The number of Topliss-reactive ketones (excluding diaryl/α,β-unsaturated/α-hetero) is 1. The first-order chi connectivity index (χ1) is 7.15. The van der Waals surface area contributed by atoms with Gasteiger partial charge in [-0.2, -0.15) is 0 Å². The molecule has 1 aromatic carbocycles. The topological polar surface area (TPSA) is 43.1 Å². The Morgan fingerprint density at radius 3 is 2.80 bits per heavy atom. The quantitative estimate of drug-likeness (QED) is 0.749.